The molecule has 8 heteroatoms. The smallest absolute Gasteiger partial charge is 0.276 e. The zero-order chi connectivity index (χ0) is 24.5. The largest absolute Gasteiger partial charge is 0.505 e. The van der Waals surface area contributed by atoms with E-state index in [0.717, 1.165) is 47.8 Å². The van der Waals surface area contributed by atoms with Gasteiger partial charge >= 0.3 is 0 Å². The van der Waals surface area contributed by atoms with Gasteiger partial charge in [0.1, 0.15) is 5.69 Å². The molecule has 2 N–H and O–H groups in total. The van der Waals surface area contributed by atoms with Gasteiger partial charge in [-0.25, -0.2) is 15.0 Å². The summed E-state index contributed by atoms with van der Waals surface area (Å²) in [5.41, 5.74) is 13.8. The number of rotatable bonds is 5. The minimum Gasteiger partial charge on any atom is -0.505 e. The van der Waals surface area contributed by atoms with Crippen molar-refractivity contribution < 1.29 is 9.49 Å². The van der Waals surface area contributed by atoms with Crippen LogP contribution in [0.2, 0.25) is 0 Å². The SMILES string of the molecule is C[C@H](Nc1nccc(-c2nc3ccc(C45CCC6CCCC6(C4=O)[N+]5=[N-])cc3[nH]2)n1)c1ccccc1. The number of fused-ring (bicyclic) bond motifs is 2. The molecule has 36 heavy (non-hydrogen) atoms. The molecular formula is C28H27N7O. The molecule has 0 radical (unpaired) electrons. The van der Waals surface area contributed by atoms with Crippen LogP contribution < -0.4 is 5.32 Å². The average molecular weight is 478 g/mol. The Hall–Kier alpha value is -3.94. The lowest BCUT2D eigenvalue weighted by Gasteiger charge is -2.58. The van der Waals surface area contributed by atoms with Crippen LogP contribution in [0, 0.1) is 5.92 Å². The summed E-state index contributed by atoms with van der Waals surface area (Å²) in [6.07, 6.45) is 6.15. The summed E-state index contributed by atoms with van der Waals surface area (Å²) >= 11 is 0. The van der Waals surface area contributed by atoms with Gasteiger partial charge in [0.2, 0.25) is 17.0 Å². The fraction of sp³-hybridized carbons (Fsp3) is 0.357. The number of H-pyrrole nitrogens is 1. The van der Waals surface area contributed by atoms with E-state index in [-0.39, 0.29) is 17.7 Å². The summed E-state index contributed by atoms with van der Waals surface area (Å²) in [6, 6.07) is 17.9. The second-order valence-corrected chi connectivity index (χ2v) is 10.4. The van der Waals surface area contributed by atoms with Crippen molar-refractivity contribution in [2.24, 2.45) is 5.92 Å². The van der Waals surface area contributed by atoms with E-state index in [9.17, 15) is 10.3 Å². The van der Waals surface area contributed by atoms with Gasteiger partial charge < -0.3 is 15.8 Å². The second-order valence-electron chi connectivity index (χ2n) is 10.4. The molecule has 180 valence electrons. The van der Waals surface area contributed by atoms with Gasteiger partial charge in [-0.3, -0.25) is 9.49 Å². The maximum absolute atomic E-state index is 13.5. The second kappa shape index (κ2) is 7.53. The number of Topliss-reactive ketones (excluding diaryl/α,β-unsaturated/α-hetero) is 1. The maximum Gasteiger partial charge on any atom is 0.276 e. The number of benzene rings is 2. The molecule has 1 spiro atoms. The maximum atomic E-state index is 13.5. The molecule has 2 aromatic carbocycles. The molecule has 2 aliphatic heterocycles. The monoisotopic (exact) mass is 477 g/mol. The van der Waals surface area contributed by atoms with Gasteiger partial charge in [0.05, 0.1) is 17.1 Å². The zero-order valence-electron chi connectivity index (χ0n) is 20.1. The van der Waals surface area contributed by atoms with Gasteiger partial charge in [0, 0.05) is 30.5 Å². The molecule has 4 aromatic rings. The molecule has 3 unspecified atom stereocenters. The van der Waals surface area contributed by atoms with Crippen LogP contribution in [-0.2, 0) is 10.3 Å². The normalized spacial score (nSPS) is 27.5. The molecule has 2 bridgehead atoms. The number of aromatic nitrogens is 4. The van der Waals surface area contributed by atoms with Crippen LogP contribution in [0.5, 0.6) is 0 Å². The highest BCUT2D eigenvalue weighted by Gasteiger charge is 2.80. The fourth-order valence-corrected chi connectivity index (χ4v) is 6.83. The van der Waals surface area contributed by atoms with Crippen LogP contribution >= 0.6 is 0 Å². The van der Waals surface area contributed by atoms with E-state index in [1.165, 1.54) is 4.70 Å². The molecule has 8 nitrogen and oxygen atoms in total. The lowest BCUT2D eigenvalue weighted by molar-refractivity contribution is -0.734. The Kier molecular flexibility index (Phi) is 4.46. The first-order valence-corrected chi connectivity index (χ1v) is 12.7. The van der Waals surface area contributed by atoms with Crippen molar-refractivity contribution in [3.8, 4) is 11.5 Å². The van der Waals surface area contributed by atoms with E-state index >= 15 is 0 Å². The third kappa shape index (κ3) is 2.75. The molecule has 4 aliphatic rings. The van der Waals surface area contributed by atoms with E-state index in [1.807, 2.05) is 42.5 Å². The number of imidazole rings is 1. The third-order valence-electron chi connectivity index (χ3n) is 8.65. The van der Waals surface area contributed by atoms with E-state index < -0.39 is 11.1 Å². The first-order valence-electron chi connectivity index (χ1n) is 12.7. The summed E-state index contributed by atoms with van der Waals surface area (Å²) in [6.45, 7) is 2.07. The number of ketones is 1. The Bertz CT molecular complexity index is 1510. The molecule has 2 saturated carbocycles. The number of piperidine rings is 1. The highest BCUT2D eigenvalue weighted by molar-refractivity contribution is 6.01. The molecule has 8 rings (SSSR count). The topological polar surface area (TPSA) is 109 Å². The highest BCUT2D eigenvalue weighted by Crippen LogP contribution is 2.62. The molecular weight excluding hydrogens is 450 g/mol. The molecule has 0 amide bonds. The van der Waals surface area contributed by atoms with Gasteiger partial charge in [0.15, 0.2) is 5.82 Å². The van der Waals surface area contributed by atoms with Crippen molar-refractivity contribution >= 4 is 22.8 Å². The fourth-order valence-electron chi connectivity index (χ4n) is 6.83. The van der Waals surface area contributed by atoms with Crippen LogP contribution in [0.1, 0.15) is 56.2 Å². The summed E-state index contributed by atoms with van der Waals surface area (Å²) in [7, 11) is 0. The Morgan fingerprint density at radius 2 is 1.97 bits per heavy atom. The van der Waals surface area contributed by atoms with Gasteiger partial charge in [-0.2, -0.15) is 0 Å². The first kappa shape index (κ1) is 21.4. The van der Waals surface area contributed by atoms with Gasteiger partial charge in [-0.15, -0.1) is 0 Å². The van der Waals surface area contributed by atoms with E-state index in [0.29, 0.717) is 23.9 Å². The lowest BCUT2D eigenvalue weighted by Crippen LogP contribution is -2.78. The van der Waals surface area contributed by atoms with Gasteiger partial charge in [0.25, 0.3) is 5.78 Å². The number of hydrogen-bond donors (Lipinski definition) is 2. The van der Waals surface area contributed by atoms with Crippen molar-refractivity contribution in [2.75, 3.05) is 5.32 Å². The Morgan fingerprint density at radius 1 is 1.11 bits per heavy atom. The van der Waals surface area contributed by atoms with Crippen molar-refractivity contribution in [1.29, 1.82) is 0 Å². The minimum atomic E-state index is -0.931. The van der Waals surface area contributed by atoms with E-state index in [1.54, 1.807) is 6.20 Å². The minimum absolute atomic E-state index is 0.0543. The Labute approximate surface area is 208 Å². The molecule has 4 fully saturated rings. The molecule has 2 aromatic heterocycles. The van der Waals surface area contributed by atoms with Crippen LogP contribution in [0.25, 0.3) is 28.1 Å². The number of carbonyl (C=O) groups is 1. The number of nitrogens with zero attached hydrogens (tertiary/aromatic N) is 5. The first-order chi connectivity index (χ1) is 17.5. The van der Waals surface area contributed by atoms with Crippen molar-refractivity contribution in [1.82, 2.24) is 19.9 Å². The molecule has 2 aliphatic carbocycles. The highest BCUT2D eigenvalue weighted by atomic mass is 16.1. The lowest BCUT2D eigenvalue weighted by atomic mass is 9.54. The number of anilines is 1. The van der Waals surface area contributed by atoms with Gasteiger partial charge in [-0.05, 0) is 56.0 Å². The van der Waals surface area contributed by atoms with Crippen molar-refractivity contribution in [2.45, 2.75) is 56.1 Å². The van der Waals surface area contributed by atoms with E-state index in [4.69, 9.17) is 4.98 Å². The zero-order valence-corrected chi connectivity index (χ0v) is 20.1. The molecule has 2 saturated heterocycles. The molecule has 4 heterocycles. The predicted molar refractivity (Wildman–Crippen MR) is 135 cm³/mol. The summed E-state index contributed by atoms with van der Waals surface area (Å²) < 4.78 is 1.40. The van der Waals surface area contributed by atoms with E-state index in [2.05, 4.69) is 39.3 Å². The number of nitrogens with one attached hydrogen (secondary N) is 2. The van der Waals surface area contributed by atoms with Crippen LogP contribution in [0.15, 0.2) is 60.8 Å². The quantitative estimate of drug-likeness (QED) is 0.377. The standard InChI is InChI=1S/C28H27N7O/c1-17(18-6-3-2-4-7-18)31-26-30-15-12-22(34-26)24-32-21-10-9-20(16-23(21)33-24)28-14-11-19-8-5-13-27(19,25(28)36)35(28)29/h2-4,6-7,9-10,12,15-17,19H,5,8,11,13-14H2,1H3,(H,32,33)(H,30,31,34)/t17-,19?,27?,28?/m0/s1. The van der Waals surface area contributed by atoms with Crippen molar-refractivity contribution in [3.05, 3.63) is 77.5 Å². The summed E-state index contributed by atoms with van der Waals surface area (Å²) in [4.78, 5) is 30.7. The number of hydrogen-bond acceptors (Lipinski definition) is 5. The molecule has 4 atom stereocenters. The Balaban J connectivity index is 1.19. The predicted octanol–water partition coefficient (Wildman–Crippen LogP) is 5.34. The third-order valence-corrected chi connectivity index (χ3v) is 8.65. The van der Waals surface area contributed by atoms with Crippen molar-refractivity contribution in [3.63, 3.8) is 0 Å². The van der Waals surface area contributed by atoms with Crippen LogP contribution in [0.3, 0.4) is 0 Å². The number of carbonyl (C=O) groups excluding carboxylic acids is 1. The Morgan fingerprint density at radius 3 is 2.81 bits per heavy atom. The summed E-state index contributed by atoms with van der Waals surface area (Å²) in [5, 5.41) is 3.36. The average Bonchev–Trinajstić information content (AvgIpc) is 3.56. The summed E-state index contributed by atoms with van der Waals surface area (Å²) in [5.74, 6) is 1.63. The van der Waals surface area contributed by atoms with Crippen LogP contribution in [0.4, 0.5) is 5.95 Å². The van der Waals surface area contributed by atoms with Gasteiger partial charge in [-0.1, -0.05) is 30.3 Å². The van der Waals surface area contributed by atoms with Crippen LogP contribution in [-0.4, -0.2) is 36.0 Å². The number of aromatic amines is 1.